The van der Waals surface area contributed by atoms with Crippen molar-refractivity contribution in [3.8, 4) is 0 Å². The average molecular weight is 303 g/mol. The summed E-state index contributed by atoms with van der Waals surface area (Å²) in [6.07, 6.45) is 0. The number of nitrogens with zero attached hydrogens (tertiary/aromatic N) is 1. The van der Waals surface area contributed by atoms with Crippen molar-refractivity contribution in [1.82, 2.24) is 4.90 Å². The quantitative estimate of drug-likeness (QED) is 0.800. The van der Waals surface area contributed by atoms with E-state index in [-0.39, 0.29) is 23.9 Å². The molecule has 22 heavy (non-hydrogen) atoms. The molecule has 0 unspecified atom stereocenters. The summed E-state index contributed by atoms with van der Waals surface area (Å²) < 4.78 is 12.4. The van der Waals surface area contributed by atoms with E-state index >= 15 is 0 Å². The highest BCUT2D eigenvalue weighted by atomic mass is 16.7. The molecule has 0 spiro atoms. The maximum absolute atomic E-state index is 6.22. The van der Waals surface area contributed by atoms with E-state index < -0.39 is 0 Å². The molecule has 0 saturated carbocycles. The highest BCUT2D eigenvalue weighted by Crippen LogP contribution is 2.36. The summed E-state index contributed by atoms with van der Waals surface area (Å²) >= 11 is 0. The molecule has 0 bridgehead atoms. The molecule has 0 radical (unpaired) electrons. The van der Waals surface area contributed by atoms with Crippen molar-refractivity contribution in [2.24, 2.45) is 0 Å². The van der Waals surface area contributed by atoms with Gasteiger partial charge in [-0.1, -0.05) is 24.3 Å². The lowest BCUT2D eigenvalue weighted by Gasteiger charge is -2.32. The second-order valence-corrected chi connectivity index (χ2v) is 8.31. The first kappa shape index (κ1) is 17.5. The molecule has 1 saturated heterocycles. The molecule has 122 valence electrons. The third-order valence-corrected chi connectivity index (χ3v) is 5.11. The molecule has 1 aliphatic rings. The predicted molar refractivity (Wildman–Crippen MR) is 93.4 cm³/mol. The van der Waals surface area contributed by atoms with E-state index in [0.29, 0.717) is 0 Å². The molecule has 3 nitrogen and oxygen atoms in total. The van der Waals surface area contributed by atoms with Gasteiger partial charge < -0.3 is 9.31 Å². The Morgan fingerprint density at radius 1 is 1.00 bits per heavy atom. The molecule has 0 N–H and O–H groups in total. The monoisotopic (exact) mass is 303 g/mol. The first-order valence-corrected chi connectivity index (χ1v) is 8.09. The van der Waals surface area contributed by atoms with Gasteiger partial charge in [-0.05, 0) is 66.5 Å². The van der Waals surface area contributed by atoms with E-state index in [4.69, 9.17) is 9.31 Å². The van der Waals surface area contributed by atoms with Gasteiger partial charge in [0.15, 0.2) is 0 Å². The predicted octanol–water partition coefficient (Wildman–Crippen LogP) is 3.22. The van der Waals surface area contributed by atoms with Gasteiger partial charge in [0.05, 0.1) is 11.2 Å². The summed E-state index contributed by atoms with van der Waals surface area (Å²) in [6, 6.07) is 8.43. The molecular formula is C18H30BNO2. The molecule has 1 fully saturated rings. The van der Waals surface area contributed by atoms with Gasteiger partial charge >= 0.3 is 7.12 Å². The van der Waals surface area contributed by atoms with Gasteiger partial charge in [0.1, 0.15) is 0 Å². The standard InChI is InChI=1S/C18H30BNO2/c1-16(2,3)20(8)13-14-11-9-10-12-15(14)19-21-17(4,5)18(6,7)22-19/h9-12H,13H2,1-8H3. The van der Waals surface area contributed by atoms with Gasteiger partial charge in [0.2, 0.25) is 0 Å². The van der Waals surface area contributed by atoms with Crippen molar-refractivity contribution >= 4 is 12.6 Å². The molecule has 2 rings (SSSR count). The van der Waals surface area contributed by atoms with Gasteiger partial charge in [-0.2, -0.15) is 0 Å². The third kappa shape index (κ3) is 3.39. The van der Waals surface area contributed by atoms with E-state index in [9.17, 15) is 0 Å². The first-order valence-electron chi connectivity index (χ1n) is 8.09. The maximum atomic E-state index is 6.22. The fraction of sp³-hybridized carbons (Fsp3) is 0.667. The minimum atomic E-state index is -0.305. The van der Waals surface area contributed by atoms with Crippen molar-refractivity contribution in [3.05, 3.63) is 29.8 Å². The second kappa shape index (κ2) is 5.66. The van der Waals surface area contributed by atoms with Crippen LogP contribution in [0, 0.1) is 0 Å². The highest BCUT2D eigenvalue weighted by molar-refractivity contribution is 6.62. The molecule has 4 heteroatoms. The van der Waals surface area contributed by atoms with Crippen molar-refractivity contribution in [2.75, 3.05) is 7.05 Å². The van der Waals surface area contributed by atoms with Crippen LogP contribution in [0.5, 0.6) is 0 Å². The molecule has 1 aromatic carbocycles. The lowest BCUT2D eigenvalue weighted by atomic mass is 9.75. The second-order valence-electron chi connectivity index (χ2n) is 8.31. The van der Waals surface area contributed by atoms with Crippen LogP contribution < -0.4 is 5.46 Å². The van der Waals surface area contributed by atoms with Crippen molar-refractivity contribution in [2.45, 2.75) is 71.8 Å². The Bertz CT molecular complexity index is 518. The fourth-order valence-corrected chi connectivity index (χ4v) is 2.37. The molecule has 1 aromatic rings. The third-order valence-electron chi connectivity index (χ3n) is 5.11. The highest BCUT2D eigenvalue weighted by Gasteiger charge is 2.52. The van der Waals surface area contributed by atoms with Crippen LogP contribution in [-0.4, -0.2) is 35.8 Å². The van der Waals surface area contributed by atoms with Crippen LogP contribution in [-0.2, 0) is 15.9 Å². The van der Waals surface area contributed by atoms with Crippen LogP contribution in [0.15, 0.2) is 24.3 Å². The molecule has 0 amide bonds. The van der Waals surface area contributed by atoms with Crippen LogP contribution in [0.1, 0.15) is 54.0 Å². The lowest BCUT2D eigenvalue weighted by molar-refractivity contribution is 0.00578. The van der Waals surface area contributed by atoms with Crippen LogP contribution in [0.25, 0.3) is 0 Å². The Hall–Kier alpha value is -0.835. The fourth-order valence-electron chi connectivity index (χ4n) is 2.37. The SMILES string of the molecule is CN(Cc1ccccc1B1OC(C)(C)C(C)(C)O1)C(C)(C)C. The Morgan fingerprint density at radius 2 is 1.50 bits per heavy atom. The van der Waals surface area contributed by atoms with Crippen LogP contribution in [0.3, 0.4) is 0 Å². The van der Waals surface area contributed by atoms with Gasteiger partial charge in [0, 0.05) is 12.1 Å². The normalized spacial score (nSPS) is 20.7. The summed E-state index contributed by atoms with van der Waals surface area (Å²) in [5.41, 5.74) is 1.92. The van der Waals surface area contributed by atoms with Crippen LogP contribution in [0.2, 0.25) is 0 Å². The van der Waals surface area contributed by atoms with E-state index in [1.165, 1.54) is 5.56 Å². The van der Waals surface area contributed by atoms with Crippen molar-refractivity contribution in [3.63, 3.8) is 0 Å². The lowest BCUT2D eigenvalue weighted by Crippen LogP contribution is -2.42. The largest absolute Gasteiger partial charge is 0.495 e. The van der Waals surface area contributed by atoms with E-state index in [1.54, 1.807) is 0 Å². The Morgan fingerprint density at radius 3 is 2.00 bits per heavy atom. The number of hydrogen-bond acceptors (Lipinski definition) is 3. The minimum absolute atomic E-state index is 0.128. The summed E-state index contributed by atoms with van der Waals surface area (Å²) in [7, 11) is 1.86. The van der Waals surface area contributed by atoms with Crippen molar-refractivity contribution < 1.29 is 9.31 Å². The zero-order chi connectivity index (χ0) is 16.8. The first-order chi connectivity index (χ1) is 9.94. The Balaban J connectivity index is 2.27. The van der Waals surface area contributed by atoms with Gasteiger partial charge in [-0.15, -0.1) is 0 Å². The van der Waals surface area contributed by atoms with Crippen LogP contribution >= 0.6 is 0 Å². The smallest absolute Gasteiger partial charge is 0.399 e. The maximum Gasteiger partial charge on any atom is 0.495 e. The van der Waals surface area contributed by atoms with Gasteiger partial charge in [-0.3, -0.25) is 4.90 Å². The topological polar surface area (TPSA) is 21.7 Å². The summed E-state index contributed by atoms with van der Waals surface area (Å²) in [6.45, 7) is 15.9. The minimum Gasteiger partial charge on any atom is -0.399 e. The number of hydrogen-bond donors (Lipinski definition) is 0. The van der Waals surface area contributed by atoms with Gasteiger partial charge in [-0.25, -0.2) is 0 Å². The molecule has 0 aromatic heterocycles. The Labute approximate surface area is 136 Å². The summed E-state index contributed by atoms with van der Waals surface area (Å²) in [4.78, 5) is 2.34. The zero-order valence-corrected chi connectivity index (χ0v) is 15.4. The van der Waals surface area contributed by atoms with Gasteiger partial charge in [0.25, 0.3) is 0 Å². The zero-order valence-electron chi connectivity index (χ0n) is 15.4. The molecule has 1 heterocycles. The van der Waals surface area contributed by atoms with E-state index in [0.717, 1.165) is 12.0 Å². The number of rotatable bonds is 3. The number of benzene rings is 1. The summed E-state index contributed by atoms with van der Waals surface area (Å²) in [5, 5.41) is 0. The molecule has 1 aliphatic heterocycles. The molecule has 0 atom stereocenters. The van der Waals surface area contributed by atoms with E-state index in [2.05, 4.69) is 84.7 Å². The molecule has 0 aliphatic carbocycles. The summed E-state index contributed by atoms with van der Waals surface area (Å²) in [5.74, 6) is 0. The van der Waals surface area contributed by atoms with E-state index in [1.807, 2.05) is 0 Å². The van der Waals surface area contributed by atoms with Crippen molar-refractivity contribution in [1.29, 1.82) is 0 Å². The molecular weight excluding hydrogens is 273 g/mol. The average Bonchev–Trinajstić information content (AvgIpc) is 2.57. The Kier molecular flexibility index (Phi) is 4.51. The van der Waals surface area contributed by atoms with Crippen LogP contribution in [0.4, 0.5) is 0 Å².